The number of amides is 2. The number of pyridine rings is 1. The van der Waals surface area contributed by atoms with Crippen molar-refractivity contribution >= 4 is 28.4 Å². The van der Waals surface area contributed by atoms with E-state index in [1.165, 1.54) is 0 Å². The lowest BCUT2D eigenvalue weighted by molar-refractivity contribution is 0.262. The number of anilines is 2. The van der Waals surface area contributed by atoms with Gasteiger partial charge in [-0.3, -0.25) is 5.10 Å². The summed E-state index contributed by atoms with van der Waals surface area (Å²) >= 11 is 0. The molecule has 2 aromatic carbocycles. The first-order valence-corrected chi connectivity index (χ1v) is 10.6. The van der Waals surface area contributed by atoms with Gasteiger partial charge in [-0.15, -0.1) is 0 Å². The normalized spacial score (nSPS) is 11.4. The summed E-state index contributed by atoms with van der Waals surface area (Å²) in [6.07, 6.45) is 1.79. The highest BCUT2D eigenvalue weighted by Gasteiger charge is 2.19. The van der Waals surface area contributed by atoms with Gasteiger partial charge in [0.15, 0.2) is 5.65 Å². The van der Waals surface area contributed by atoms with Crippen LogP contribution in [-0.4, -0.2) is 27.8 Å². The number of benzene rings is 2. The molecule has 2 amide bonds. The van der Waals surface area contributed by atoms with Gasteiger partial charge in [-0.1, -0.05) is 39.0 Å². The summed E-state index contributed by atoms with van der Waals surface area (Å²) in [4.78, 5) is 17.1. The molecule has 0 aliphatic rings. The van der Waals surface area contributed by atoms with E-state index in [4.69, 9.17) is 9.72 Å². The van der Waals surface area contributed by atoms with Crippen LogP contribution in [0.2, 0.25) is 0 Å². The molecule has 0 saturated carbocycles. The van der Waals surface area contributed by atoms with E-state index < -0.39 is 0 Å². The maximum Gasteiger partial charge on any atom is 0.323 e. The van der Waals surface area contributed by atoms with Gasteiger partial charge < -0.3 is 15.4 Å². The van der Waals surface area contributed by atoms with Crippen molar-refractivity contribution in [2.24, 2.45) is 0 Å². The number of aromatic nitrogens is 3. The van der Waals surface area contributed by atoms with Crippen LogP contribution in [0.4, 0.5) is 16.2 Å². The molecule has 0 unspecified atom stereocenters. The molecule has 7 heteroatoms. The molecular weight excluding hydrogens is 402 g/mol. The van der Waals surface area contributed by atoms with Crippen molar-refractivity contribution < 1.29 is 9.53 Å². The summed E-state index contributed by atoms with van der Waals surface area (Å²) in [5.74, 6) is 0.715. The Hall–Kier alpha value is -3.87. The first-order valence-electron chi connectivity index (χ1n) is 10.6. The lowest BCUT2D eigenvalue weighted by atomic mass is 9.89. The van der Waals surface area contributed by atoms with Gasteiger partial charge in [0, 0.05) is 33.9 Å². The van der Waals surface area contributed by atoms with E-state index in [9.17, 15) is 4.79 Å². The minimum Gasteiger partial charge on any atom is -0.494 e. The Balaban J connectivity index is 1.52. The number of urea groups is 1. The second-order valence-electron chi connectivity index (χ2n) is 8.55. The summed E-state index contributed by atoms with van der Waals surface area (Å²) in [5.41, 5.74) is 5.10. The Morgan fingerprint density at radius 3 is 2.50 bits per heavy atom. The van der Waals surface area contributed by atoms with Crippen molar-refractivity contribution in [2.45, 2.75) is 33.1 Å². The van der Waals surface area contributed by atoms with E-state index in [0.29, 0.717) is 23.7 Å². The topological polar surface area (TPSA) is 91.9 Å². The van der Waals surface area contributed by atoms with E-state index in [1.54, 1.807) is 12.3 Å². The van der Waals surface area contributed by atoms with E-state index in [-0.39, 0.29) is 11.4 Å². The Labute approximate surface area is 187 Å². The average Bonchev–Trinajstić information content (AvgIpc) is 3.22. The molecule has 3 N–H and O–H groups in total. The fourth-order valence-electron chi connectivity index (χ4n) is 3.41. The van der Waals surface area contributed by atoms with Gasteiger partial charge in [0.1, 0.15) is 5.75 Å². The Bertz CT molecular complexity index is 1240. The SMILES string of the molecule is CCOc1cccc(NC(=O)Nc2ccc(-c3cc(C(C)(C)C)nc4[nH]ncc34)cc2)c1. The number of H-pyrrole nitrogens is 1. The number of rotatable bonds is 5. The molecule has 4 aromatic rings. The maximum absolute atomic E-state index is 12.4. The van der Waals surface area contributed by atoms with Crippen molar-refractivity contribution in [3.63, 3.8) is 0 Å². The molecule has 7 nitrogen and oxygen atoms in total. The second kappa shape index (κ2) is 8.70. The maximum atomic E-state index is 12.4. The molecule has 0 aliphatic heterocycles. The van der Waals surface area contributed by atoms with Crippen molar-refractivity contribution in [1.29, 1.82) is 0 Å². The van der Waals surface area contributed by atoms with Gasteiger partial charge in [0.05, 0.1) is 12.8 Å². The summed E-state index contributed by atoms with van der Waals surface area (Å²) in [6, 6.07) is 16.8. The third-order valence-electron chi connectivity index (χ3n) is 5.05. The van der Waals surface area contributed by atoms with Crippen molar-refractivity contribution in [1.82, 2.24) is 15.2 Å². The number of carbonyl (C=O) groups excluding carboxylic acids is 1. The first kappa shape index (κ1) is 21.4. The highest BCUT2D eigenvalue weighted by molar-refractivity contribution is 6.00. The van der Waals surface area contributed by atoms with Crippen molar-refractivity contribution in [3.8, 4) is 16.9 Å². The zero-order valence-corrected chi connectivity index (χ0v) is 18.7. The lowest BCUT2D eigenvalue weighted by Gasteiger charge is -2.19. The van der Waals surface area contributed by atoms with Crippen molar-refractivity contribution in [2.75, 3.05) is 17.2 Å². The Morgan fingerprint density at radius 2 is 1.78 bits per heavy atom. The van der Waals surface area contributed by atoms with Crippen LogP contribution in [0.5, 0.6) is 5.75 Å². The smallest absolute Gasteiger partial charge is 0.323 e. The summed E-state index contributed by atoms with van der Waals surface area (Å²) in [5, 5.41) is 13.8. The Kier molecular flexibility index (Phi) is 5.81. The Morgan fingerprint density at radius 1 is 1.03 bits per heavy atom. The minimum absolute atomic E-state index is 0.0902. The number of nitrogens with one attached hydrogen (secondary N) is 3. The van der Waals surface area contributed by atoms with E-state index >= 15 is 0 Å². The number of hydrogen-bond acceptors (Lipinski definition) is 4. The van der Waals surface area contributed by atoms with Gasteiger partial charge in [-0.2, -0.15) is 5.10 Å². The van der Waals surface area contributed by atoms with Crippen LogP contribution >= 0.6 is 0 Å². The fourth-order valence-corrected chi connectivity index (χ4v) is 3.41. The second-order valence-corrected chi connectivity index (χ2v) is 8.55. The molecule has 0 aliphatic carbocycles. The minimum atomic E-state index is -0.317. The van der Waals surface area contributed by atoms with Crippen LogP contribution in [0.1, 0.15) is 33.4 Å². The number of carbonyl (C=O) groups is 1. The molecule has 0 radical (unpaired) electrons. The number of aromatic amines is 1. The molecule has 0 spiro atoms. The highest BCUT2D eigenvalue weighted by Crippen LogP contribution is 2.32. The van der Waals surface area contributed by atoms with E-state index in [2.05, 4.69) is 47.7 Å². The van der Waals surface area contributed by atoms with Crippen molar-refractivity contribution in [3.05, 3.63) is 66.5 Å². The first-order chi connectivity index (χ1) is 15.3. The average molecular weight is 430 g/mol. The highest BCUT2D eigenvalue weighted by atomic mass is 16.5. The predicted octanol–water partition coefficient (Wildman–Crippen LogP) is 5.97. The summed E-state index contributed by atoms with van der Waals surface area (Å²) < 4.78 is 5.47. The molecule has 32 heavy (non-hydrogen) atoms. The number of hydrogen-bond donors (Lipinski definition) is 3. The quantitative estimate of drug-likeness (QED) is 0.365. The zero-order chi connectivity index (χ0) is 22.7. The molecular formula is C25H27N5O2. The van der Waals surface area contributed by atoms with Gasteiger partial charge in [-0.25, -0.2) is 9.78 Å². The molecule has 0 atom stereocenters. The zero-order valence-electron chi connectivity index (χ0n) is 18.7. The molecule has 0 fully saturated rings. The van der Waals surface area contributed by atoms with Crippen LogP contribution in [0.3, 0.4) is 0 Å². The molecule has 2 heterocycles. The standard InChI is InChI=1S/C25H27N5O2/c1-5-32-19-8-6-7-18(13-19)28-24(31)27-17-11-9-16(10-12-17)20-14-22(25(2,3)4)29-23-21(20)15-26-30-23/h6-15H,5H2,1-4H3,(H,26,29,30)(H2,27,28,31). The van der Waals surface area contributed by atoms with Gasteiger partial charge in [0.25, 0.3) is 0 Å². The monoisotopic (exact) mass is 429 g/mol. The molecule has 0 saturated heterocycles. The number of nitrogens with zero attached hydrogens (tertiary/aromatic N) is 2. The fraction of sp³-hybridized carbons (Fsp3) is 0.240. The summed E-state index contributed by atoms with van der Waals surface area (Å²) in [6.45, 7) is 8.90. The largest absolute Gasteiger partial charge is 0.494 e. The van der Waals surface area contributed by atoms with Crippen LogP contribution in [0.15, 0.2) is 60.8 Å². The molecule has 164 valence electrons. The molecule has 0 bridgehead atoms. The molecule has 4 rings (SSSR count). The van der Waals surface area contributed by atoms with Crippen LogP contribution in [0.25, 0.3) is 22.2 Å². The van der Waals surface area contributed by atoms with E-state index in [1.807, 2.05) is 49.4 Å². The van der Waals surface area contributed by atoms with Crippen LogP contribution in [-0.2, 0) is 5.41 Å². The third-order valence-corrected chi connectivity index (χ3v) is 5.05. The van der Waals surface area contributed by atoms with E-state index in [0.717, 1.165) is 27.9 Å². The predicted molar refractivity (Wildman–Crippen MR) is 128 cm³/mol. The van der Waals surface area contributed by atoms with Gasteiger partial charge >= 0.3 is 6.03 Å². The lowest BCUT2D eigenvalue weighted by Crippen LogP contribution is -2.19. The number of ether oxygens (including phenoxy) is 1. The summed E-state index contributed by atoms with van der Waals surface area (Å²) in [7, 11) is 0. The number of fused-ring (bicyclic) bond motifs is 1. The third kappa shape index (κ3) is 4.72. The van der Waals surface area contributed by atoms with Crippen LogP contribution < -0.4 is 15.4 Å². The van der Waals surface area contributed by atoms with Gasteiger partial charge in [0.2, 0.25) is 0 Å². The molecule has 2 aromatic heterocycles. The van der Waals surface area contributed by atoms with Gasteiger partial charge in [-0.05, 0) is 48.4 Å². The van der Waals surface area contributed by atoms with Crippen LogP contribution in [0, 0.1) is 0 Å².